The molecule has 7 heteroatoms. The second-order valence-corrected chi connectivity index (χ2v) is 8.65. The summed E-state index contributed by atoms with van der Waals surface area (Å²) < 4.78 is 2.28. The van der Waals surface area contributed by atoms with E-state index in [4.69, 9.17) is 4.98 Å². The smallest absolute Gasteiger partial charge is 0.222 e. The number of rotatable bonds is 6. The minimum Gasteiger partial charge on any atom is -0.346 e. The Bertz CT molecular complexity index is 1290. The standard InChI is InChI=1S/C26H26N6O/c27-15-21-4-2-1-3-20(21)5-8-26(33)31-12-9-19(10-13-31)18-32-14-11-24-25(32)7-6-23(30-24)22-16-28-29-17-22/h1-4,6-7,11,14,16-17,19H,5,8-10,12-13,18H2,(H,28,29). The first-order valence-electron chi connectivity index (χ1n) is 11.4. The molecular formula is C26H26N6O. The van der Waals surface area contributed by atoms with Crippen molar-refractivity contribution < 1.29 is 4.79 Å². The van der Waals surface area contributed by atoms with E-state index < -0.39 is 0 Å². The van der Waals surface area contributed by atoms with Crippen LogP contribution in [0.4, 0.5) is 0 Å². The summed E-state index contributed by atoms with van der Waals surface area (Å²) in [7, 11) is 0. The van der Waals surface area contributed by atoms with Crippen LogP contribution in [-0.2, 0) is 17.8 Å². The molecule has 0 saturated carbocycles. The Morgan fingerprint density at radius 3 is 2.79 bits per heavy atom. The molecule has 5 rings (SSSR count). The summed E-state index contributed by atoms with van der Waals surface area (Å²) in [5, 5.41) is 16.1. The number of nitrogens with one attached hydrogen (secondary N) is 1. The Hall–Kier alpha value is -3.92. The van der Waals surface area contributed by atoms with E-state index in [1.165, 1.54) is 0 Å². The van der Waals surface area contributed by atoms with Gasteiger partial charge in [-0.3, -0.25) is 9.89 Å². The van der Waals surface area contributed by atoms with Gasteiger partial charge in [0.2, 0.25) is 5.91 Å². The zero-order valence-electron chi connectivity index (χ0n) is 18.4. The van der Waals surface area contributed by atoms with Crippen LogP contribution in [0.3, 0.4) is 0 Å². The predicted molar refractivity (Wildman–Crippen MR) is 126 cm³/mol. The van der Waals surface area contributed by atoms with Gasteiger partial charge >= 0.3 is 0 Å². The molecule has 33 heavy (non-hydrogen) atoms. The van der Waals surface area contributed by atoms with Gasteiger partial charge < -0.3 is 9.47 Å². The molecule has 4 heterocycles. The maximum Gasteiger partial charge on any atom is 0.222 e. The number of pyridine rings is 1. The number of carbonyl (C=O) groups excluding carboxylic acids is 1. The molecule has 1 N–H and O–H groups in total. The number of aryl methyl sites for hydroxylation is 1. The van der Waals surface area contributed by atoms with Crippen LogP contribution in [-0.4, -0.2) is 43.6 Å². The monoisotopic (exact) mass is 438 g/mol. The lowest BCUT2D eigenvalue weighted by molar-refractivity contribution is -0.132. The number of hydrogen-bond donors (Lipinski definition) is 1. The van der Waals surface area contributed by atoms with Crippen LogP contribution in [0, 0.1) is 17.2 Å². The van der Waals surface area contributed by atoms with Gasteiger partial charge in [-0.05, 0) is 55.0 Å². The highest BCUT2D eigenvalue weighted by Crippen LogP contribution is 2.25. The first kappa shape index (κ1) is 21.0. The summed E-state index contributed by atoms with van der Waals surface area (Å²) in [6.45, 7) is 2.53. The number of fused-ring (bicyclic) bond motifs is 1. The predicted octanol–water partition coefficient (Wildman–Crippen LogP) is 4.17. The summed E-state index contributed by atoms with van der Waals surface area (Å²) in [6.07, 6.45) is 8.81. The number of amides is 1. The molecule has 1 amide bonds. The highest BCUT2D eigenvalue weighted by Gasteiger charge is 2.23. The summed E-state index contributed by atoms with van der Waals surface area (Å²) in [4.78, 5) is 19.5. The van der Waals surface area contributed by atoms with E-state index in [1.807, 2.05) is 41.4 Å². The zero-order chi connectivity index (χ0) is 22.6. The van der Waals surface area contributed by atoms with Crippen molar-refractivity contribution in [3.63, 3.8) is 0 Å². The van der Waals surface area contributed by atoms with Gasteiger partial charge in [0.1, 0.15) is 0 Å². The number of aromatic amines is 1. The molecule has 3 aromatic heterocycles. The Morgan fingerprint density at radius 2 is 2.00 bits per heavy atom. The van der Waals surface area contributed by atoms with E-state index in [0.29, 0.717) is 24.3 Å². The van der Waals surface area contributed by atoms with Crippen LogP contribution in [0.25, 0.3) is 22.3 Å². The van der Waals surface area contributed by atoms with Gasteiger partial charge in [-0.1, -0.05) is 18.2 Å². The molecule has 1 aliphatic rings. The summed E-state index contributed by atoms with van der Waals surface area (Å²) in [6, 6.07) is 16.0. The molecule has 0 radical (unpaired) electrons. The fourth-order valence-electron chi connectivity index (χ4n) is 4.68. The van der Waals surface area contributed by atoms with Gasteiger partial charge in [0.05, 0.1) is 34.6 Å². The van der Waals surface area contributed by atoms with Crippen molar-refractivity contribution in [3.8, 4) is 17.3 Å². The van der Waals surface area contributed by atoms with Crippen LogP contribution < -0.4 is 0 Å². The molecule has 1 saturated heterocycles. The molecular weight excluding hydrogens is 412 g/mol. The topological polar surface area (TPSA) is 90.6 Å². The average Bonchev–Trinajstić information content (AvgIpc) is 3.53. The van der Waals surface area contributed by atoms with Crippen molar-refractivity contribution in [2.75, 3.05) is 13.1 Å². The van der Waals surface area contributed by atoms with E-state index in [9.17, 15) is 10.1 Å². The number of carbonyl (C=O) groups is 1. The minimum atomic E-state index is 0.184. The third kappa shape index (κ3) is 4.51. The van der Waals surface area contributed by atoms with Gasteiger partial charge in [-0.15, -0.1) is 0 Å². The maximum atomic E-state index is 12.7. The fourth-order valence-corrected chi connectivity index (χ4v) is 4.68. The van der Waals surface area contributed by atoms with E-state index in [-0.39, 0.29) is 5.91 Å². The largest absolute Gasteiger partial charge is 0.346 e. The number of benzene rings is 1. The van der Waals surface area contributed by atoms with Crippen molar-refractivity contribution in [1.29, 1.82) is 5.26 Å². The van der Waals surface area contributed by atoms with Gasteiger partial charge in [0.25, 0.3) is 0 Å². The second kappa shape index (κ2) is 9.29. The Kier molecular flexibility index (Phi) is 5.90. The van der Waals surface area contributed by atoms with Crippen molar-refractivity contribution in [2.45, 2.75) is 32.2 Å². The lowest BCUT2D eigenvalue weighted by Gasteiger charge is -2.32. The lowest BCUT2D eigenvalue weighted by atomic mass is 9.96. The molecule has 0 spiro atoms. The van der Waals surface area contributed by atoms with Crippen LogP contribution in [0.2, 0.25) is 0 Å². The van der Waals surface area contributed by atoms with Crippen molar-refractivity contribution in [1.82, 2.24) is 24.6 Å². The molecule has 166 valence electrons. The van der Waals surface area contributed by atoms with E-state index in [2.05, 4.69) is 39.2 Å². The van der Waals surface area contributed by atoms with Crippen LogP contribution in [0.1, 0.15) is 30.4 Å². The van der Waals surface area contributed by atoms with Gasteiger partial charge in [-0.2, -0.15) is 10.4 Å². The summed E-state index contributed by atoms with van der Waals surface area (Å²) in [5.41, 5.74) is 5.63. The number of likely N-dealkylation sites (tertiary alicyclic amines) is 1. The number of aromatic nitrogens is 4. The molecule has 0 atom stereocenters. The lowest BCUT2D eigenvalue weighted by Crippen LogP contribution is -2.39. The molecule has 7 nitrogen and oxygen atoms in total. The molecule has 0 bridgehead atoms. The molecule has 1 aromatic carbocycles. The van der Waals surface area contributed by atoms with Crippen molar-refractivity contribution in [3.05, 3.63) is 72.2 Å². The van der Waals surface area contributed by atoms with Gasteiger partial charge in [-0.25, -0.2) is 4.98 Å². The Balaban J connectivity index is 1.16. The number of H-pyrrole nitrogens is 1. The normalized spacial score (nSPS) is 14.5. The quantitative estimate of drug-likeness (QED) is 0.489. The highest BCUT2D eigenvalue weighted by atomic mass is 16.2. The minimum absolute atomic E-state index is 0.184. The number of nitriles is 1. The van der Waals surface area contributed by atoms with E-state index >= 15 is 0 Å². The number of piperidine rings is 1. The SMILES string of the molecule is N#Cc1ccccc1CCC(=O)N1CCC(Cn2ccc3nc(-c4cn[nH]c4)ccc32)CC1. The Morgan fingerprint density at radius 1 is 1.15 bits per heavy atom. The van der Waals surface area contributed by atoms with Crippen LogP contribution in [0.15, 0.2) is 61.1 Å². The van der Waals surface area contributed by atoms with Crippen molar-refractivity contribution >= 4 is 16.9 Å². The molecule has 0 unspecified atom stereocenters. The number of hydrogen-bond acceptors (Lipinski definition) is 4. The van der Waals surface area contributed by atoms with Crippen LogP contribution in [0.5, 0.6) is 0 Å². The zero-order valence-corrected chi connectivity index (χ0v) is 18.4. The summed E-state index contributed by atoms with van der Waals surface area (Å²) in [5.74, 6) is 0.723. The third-order valence-corrected chi connectivity index (χ3v) is 6.59. The van der Waals surface area contributed by atoms with E-state index in [1.54, 1.807) is 6.20 Å². The highest BCUT2D eigenvalue weighted by molar-refractivity contribution is 5.79. The third-order valence-electron chi connectivity index (χ3n) is 6.59. The Labute approximate surface area is 192 Å². The number of nitrogens with zero attached hydrogens (tertiary/aromatic N) is 5. The first-order valence-corrected chi connectivity index (χ1v) is 11.4. The maximum absolute atomic E-state index is 12.7. The first-order chi connectivity index (χ1) is 16.2. The molecule has 1 aliphatic heterocycles. The average molecular weight is 439 g/mol. The van der Waals surface area contributed by atoms with Gasteiger partial charge in [0.15, 0.2) is 0 Å². The van der Waals surface area contributed by atoms with Crippen molar-refractivity contribution in [2.24, 2.45) is 5.92 Å². The molecule has 4 aromatic rings. The van der Waals surface area contributed by atoms with Crippen LogP contribution >= 0.6 is 0 Å². The van der Waals surface area contributed by atoms with Gasteiger partial charge in [0, 0.05) is 44.0 Å². The summed E-state index contributed by atoms with van der Waals surface area (Å²) >= 11 is 0. The fraction of sp³-hybridized carbons (Fsp3) is 0.308. The molecule has 1 fully saturated rings. The molecule has 0 aliphatic carbocycles. The van der Waals surface area contributed by atoms with E-state index in [0.717, 1.165) is 60.3 Å². The second-order valence-electron chi connectivity index (χ2n) is 8.65.